The molecule has 8 nitrogen and oxygen atoms in total. The van der Waals surface area contributed by atoms with Crippen molar-refractivity contribution in [2.75, 3.05) is 20.2 Å². The normalized spacial score (nSPS) is 17.1. The number of allylic oxidation sites excluding steroid dienone is 6. The van der Waals surface area contributed by atoms with Crippen LogP contribution in [0.15, 0.2) is 83.7 Å². The highest BCUT2D eigenvalue weighted by molar-refractivity contribution is 5.70. The number of hydrogen-bond acceptors (Lipinski definition) is 6. The molecule has 1 amide bonds. The first kappa shape index (κ1) is 25.4. The van der Waals surface area contributed by atoms with Gasteiger partial charge in [-0.15, -0.1) is 0 Å². The summed E-state index contributed by atoms with van der Waals surface area (Å²) in [5.74, 6) is -0.240. The number of aliphatic imine (C=N–C) groups is 1. The predicted octanol–water partition coefficient (Wildman–Crippen LogP) is 4.08. The van der Waals surface area contributed by atoms with E-state index >= 15 is 0 Å². The van der Waals surface area contributed by atoms with Crippen LogP contribution in [0.25, 0.3) is 0 Å². The second-order valence-corrected chi connectivity index (χ2v) is 7.08. The van der Waals surface area contributed by atoms with Crippen LogP contribution >= 0.6 is 0 Å². The molecule has 1 aromatic rings. The Kier molecular flexibility index (Phi) is 9.88. The van der Waals surface area contributed by atoms with Crippen LogP contribution in [0.5, 0.6) is 0 Å². The number of nitrogens with one attached hydrogen (secondary N) is 1. The molecule has 1 aromatic heterocycles. The minimum Gasteiger partial charge on any atom is -0.497 e. The third-order valence-corrected chi connectivity index (χ3v) is 4.54. The fourth-order valence-corrected chi connectivity index (χ4v) is 2.72. The summed E-state index contributed by atoms with van der Waals surface area (Å²) in [6, 6.07) is 1.79. The number of carbonyl (C=O) groups excluding carboxylic acids is 1. The van der Waals surface area contributed by atoms with Crippen LogP contribution in [0.1, 0.15) is 18.3 Å². The molecule has 0 bridgehead atoms. The summed E-state index contributed by atoms with van der Waals surface area (Å²) in [5, 5.41) is 7.05. The van der Waals surface area contributed by atoms with Crippen molar-refractivity contribution >= 4 is 12.4 Å². The highest BCUT2D eigenvalue weighted by Gasteiger charge is 2.10. The van der Waals surface area contributed by atoms with Gasteiger partial charge in [-0.05, 0) is 31.2 Å². The van der Waals surface area contributed by atoms with Gasteiger partial charge >= 0.3 is 6.09 Å². The van der Waals surface area contributed by atoms with E-state index in [1.165, 1.54) is 19.3 Å². The van der Waals surface area contributed by atoms with Gasteiger partial charge < -0.3 is 14.4 Å². The predicted molar refractivity (Wildman–Crippen MR) is 127 cm³/mol. The molecule has 33 heavy (non-hydrogen) atoms. The molecular formula is C24H30FN5O3. The molecule has 0 radical (unpaired) electrons. The lowest BCUT2D eigenvalue weighted by Gasteiger charge is -2.13. The van der Waals surface area contributed by atoms with E-state index in [1.54, 1.807) is 42.4 Å². The van der Waals surface area contributed by atoms with Crippen molar-refractivity contribution in [1.82, 2.24) is 20.0 Å². The van der Waals surface area contributed by atoms with Crippen molar-refractivity contribution in [3.63, 3.8) is 0 Å². The summed E-state index contributed by atoms with van der Waals surface area (Å²) in [5.41, 5.74) is 2.45. The van der Waals surface area contributed by atoms with Crippen molar-refractivity contribution in [2.24, 2.45) is 12.0 Å². The molecule has 0 aromatic carbocycles. The number of rotatable bonds is 9. The molecule has 1 aliphatic heterocycles. The highest BCUT2D eigenvalue weighted by atomic mass is 19.1. The molecule has 176 valence electrons. The Morgan fingerprint density at radius 3 is 2.94 bits per heavy atom. The summed E-state index contributed by atoms with van der Waals surface area (Å²) >= 11 is 0. The lowest BCUT2D eigenvalue weighted by Crippen LogP contribution is -2.23. The van der Waals surface area contributed by atoms with E-state index in [0.29, 0.717) is 35.7 Å². The van der Waals surface area contributed by atoms with Gasteiger partial charge in [0.15, 0.2) is 0 Å². The van der Waals surface area contributed by atoms with Gasteiger partial charge in [-0.25, -0.2) is 14.2 Å². The van der Waals surface area contributed by atoms with E-state index < -0.39 is 11.9 Å². The molecular weight excluding hydrogens is 425 g/mol. The van der Waals surface area contributed by atoms with Gasteiger partial charge in [0, 0.05) is 38.3 Å². The maximum absolute atomic E-state index is 13.7. The smallest absolute Gasteiger partial charge is 0.412 e. The van der Waals surface area contributed by atoms with Crippen molar-refractivity contribution < 1.29 is 18.7 Å². The molecule has 2 heterocycles. The number of hydrogen-bond donors (Lipinski definition) is 1. The van der Waals surface area contributed by atoms with Crippen molar-refractivity contribution in [1.29, 1.82) is 0 Å². The minimum absolute atomic E-state index is 0.0285. The molecule has 0 unspecified atom stereocenters. The van der Waals surface area contributed by atoms with E-state index in [-0.39, 0.29) is 12.4 Å². The molecule has 0 fully saturated rings. The number of likely N-dealkylation sites (N-methyl/N-ethyl adjacent to an activating group) is 1. The van der Waals surface area contributed by atoms with E-state index in [4.69, 9.17) is 9.47 Å². The number of amides is 1. The summed E-state index contributed by atoms with van der Waals surface area (Å²) < 4.78 is 25.4. The second-order valence-electron chi connectivity index (χ2n) is 7.08. The maximum Gasteiger partial charge on any atom is 0.412 e. The molecule has 2 rings (SSSR count). The largest absolute Gasteiger partial charge is 0.497 e. The first-order valence-electron chi connectivity index (χ1n) is 10.4. The van der Waals surface area contributed by atoms with Crippen LogP contribution < -0.4 is 5.32 Å². The maximum atomic E-state index is 13.7. The Morgan fingerprint density at radius 2 is 2.21 bits per heavy atom. The highest BCUT2D eigenvalue weighted by Crippen LogP contribution is 2.10. The summed E-state index contributed by atoms with van der Waals surface area (Å²) in [7, 11) is 3.17. The standard InChI is InChI=1S/C24H30FN5O3/c1-6-30-12-8-11-21(13-18(2)26-17-30)27-24(31)33-16-23-15-22(28-29(23)4)10-7-9-20(25)14-19(3)32-5/h7-9,11,13-15,17H,2-3,6,10,12,16H2,1,4-5H3,(H,27,31)/b9-7-,11-8-,20-14+,21-13+,26-17?. The number of alkyl carbamates (subject to hydrolysis) is 1. The first-order chi connectivity index (χ1) is 15.8. The summed E-state index contributed by atoms with van der Waals surface area (Å²) in [6.45, 7) is 10.9. The molecule has 1 N–H and O–H groups in total. The number of halogens is 1. The second kappa shape index (κ2) is 12.8. The van der Waals surface area contributed by atoms with Crippen LogP contribution in [0.4, 0.5) is 9.18 Å². The van der Waals surface area contributed by atoms with Gasteiger partial charge in [0.25, 0.3) is 0 Å². The van der Waals surface area contributed by atoms with Crippen molar-refractivity contribution in [3.8, 4) is 0 Å². The Bertz CT molecular complexity index is 1020. The van der Waals surface area contributed by atoms with Crippen molar-refractivity contribution in [2.45, 2.75) is 20.0 Å². The summed E-state index contributed by atoms with van der Waals surface area (Å²) in [4.78, 5) is 18.5. The fourth-order valence-electron chi connectivity index (χ4n) is 2.72. The molecule has 9 heteroatoms. The molecule has 0 saturated carbocycles. The number of ether oxygens (including phenoxy) is 2. The molecule has 0 aliphatic carbocycles. The lowest BCUT2D eigenvalue weighted by molar-refractivity contribution is 0.140. The van der Waals surface area contributed by atoms with Gasteiger partial charge in [-0.2, -0.15) is 5.10 Å². The van der Waals surface area contributed by atoms with Crippen LogP contribution in [-0.4, -0.2) is 47.3 Å². The number of aryl methyl sites for hydroxylation is 1. The minimum atomic E-state index is -0.609. The third kappa shape index (κ3) is 9.02. The summed E-state index contributed by atoms with van der Waals surface area (Å²) in [6.07, 6.45) is 11.0. The Balaban J connectivity index is 1.90. The fraction of sp³-hybridized carbons (Fsp3) is 0.292. The SMILES string of the molecule is C=C1/C=C(NC(=O)OCc2cc(C/C=C\C(F)=C/C(=C)OC)nn2C)\C=C/CN(CC)C=N1. The monoisotopic (exact) mass is 455 g/mol. The van der Waals surface area contributed by atoms with Gasteiger partial charge in [0.2, 0.25) is 0 Å². The van der Waals surface area contributed by atoms with E-state index in [2.05, 4.69) is 28.6 Å². The molecule has 0 spiro atoms. The van der Waals surface area contributed by atoms with Gasteiger partial charge in [0.05, 0.1) is 30.5 Å². The zero-order valence-corrected chi connectivity index (χ0v) is 19.3. The van der Waals surface area contributed by atoms with E-state index in [9.17, 15) is 9.18 Å². The van der Waals surface area contributed by atoms with Crippen LogP contribution in [0.2, 0.25) is 0 Å². The average Bonchev–Trinajstić information content (AvgIpc) is 3.16. The zero-order valence-electron chi connectivity index (χ0n) is 19.3. The van der Waals surface area contributed by atoms with Crippen LogP contribution in [-0.2, 0) is 29.5 Å². The molecule has 0 atom stereocenters. The van der Waals surface area contributed by atoms with E-state index in [0.717, 1.165) is 6.54 Å². The molecule has 1 aliphatic rings. The lowest BCUT2D eigenvalue weighted by atomic mass is 10.2. The first-order valence-corrected chi connectivity index (χ1v) is 10.4. The van der Waals surface area contributed by atoms with Gasteiger partial charge in [-0.3, -0.25) is 10.00 Å². The quantitative estimate of drug-likeness (QED) is 0.448. The Morgan fingerprint density at radius 1 is 1.42 bits per heavy atom. The van der Waals surface area contributed by atoms with Crippen molar-refractivity contribution in [3.05, 3.63) is 90.0 Å². The number of nitrogens with zero attached hydrogens (tertiary/aromatic N) is 4. The Hall–Kier alpha value is -3.88. The number of aromatic nitrogens is 2. The van der Waals surface area contributed by atoms with Crippen LogP contribution in [0, 0.1) is 0 Å². The molecule has 0 saturated heterocycles. The van der Waals surface area contributed by atoms with Gasteiger partial charge in [-0.1, -0.05) is 25.3 Å². The average molecular weight is 456 g/mol. The topological polar surface area (TPSA) is 81.0 Å². The van der Waals surface area contributed by atoms with E-state index in [1.807, 2.05) is 17.9 Å². The Labute approximate surface area is 193 Å². The van der Waals surface area contributed by atoms with Gasteiger partial charge in [0.1, 0.15) is 18.2 Å². The van der Waals surface area contributed by atoms with Crippen LogP contribution in [0.3, 0.4) is 0 Å². The third-order valence-electron chi connectivity index (χ3n) is 4.54. The zero-order chi connectivity index (χ0) is 24.2. The number of carbonyl (C=O) groups is 1. The number of methoxy groups -OCH3 is 1.